The molecule has 1 fully saturated rings. The number of para-hydroxylation sites is 1. The molecule has 3 amide bonds. The third-order valence-electron chi connectivity index (χ3n) is 6.01. The number of urea groups is 1. The number of imide groups is 1. The zero-order valence-electron chi connectivity index (χ0n) is 15.7. The van der Waals surface area contributed by atoms with Crippen molar-refractivity contribution in [3.8, 4) is 0 Å². The number of nitrogens with one attached hydrogen (secondary N) is 1. The molecule has 2 aliphatic rings. The van der Waals surface area contributed by atoms with Crippen LogP contribution in [-0.4, -0.2) is 32.8 Å². The number of carbonyl (C=O) groups is 2. The minimum absolute atomic E-state index is 0.158. The van der Waals surface area contributed by atoms with Gasteiger partial charge in [0.05, 0.1) is 12.1 Å². The smallest absolute Gasteiger partial charge is 0.328 e. The van der Waals surface area contributed by atoms with Gasteiger partial charge in [0.1, 0.15) is 6.04 Å². The Kier molecular flexibility index (Phi) is 3.62. The molecule has 1 saturated heterocycles. The average molecular weight is 394 g/mol. The molecule has 3 heterocycles. The van der Waals surface area contributed by atoms with E-state index in [4.69, 9.17) is 11.6 Å². The van der Waals surface area contributed by atoms with Crippen molar-refractivity contribution in [2.24, 2.45) is 0 Å². The van der Waals surface area contributed by atoms with Crippen LogP contribution in [0.25, 0.3) is 10.9 Å². The second-order valence-corrected chi connectivity index (χ2v) is 8.38. The Bertz CT molecular complexity index is 1130. The molecule has 1 atom stereocenters. The highest BCUT2D eigenvalue weighted by molar-refractivity contribution is 6.31. The summed E-state index contributed by atoms with van der Waals surface area (Å²) in [5, 5.41) is 1.68. The monoisotopic (exact) mass is 393 g/mol. The highest BCUT2D eigenvalue weighted by Crippen LogP contribution is 2.44. The van der Waals surface area contributed by atoms with Crippen molar-refractivity contribution in [3.05, 3.63) is 70.4 Å². The van der Waals surface area contributed by atoms with Crippen LogP contribution in [0.15, 0.2) is 48.5 Å². The Labute approximate surface area is 167 Å². The molecule has 6 heteroatoms. The van der Waals surface area contributed by atoms with Crippen LogP contribution in [-0.2, 0) is 23.3 Å². The Morgan fingerprint density at radius 3 is 2.61 bits per heavy atom. The molecular weight excluding hydrogens is 374 g/mol. The maximum absolute atomic E-state index is 13.3. The van der Waals surface area contributed by atoms with Crippen molar-refractivity contribution in [2.75, 3.05) is 0 Å². The van der Waals surface area contributed by atoms with Crippen LogP contribution in [0.1, 0.15) is 30.7 Å². The lowest BCUT2D eigenvalue weighted by atomic mass is 9.85. The summed E-state index contributed by atoms with van der Waals surface area (Å²) >= 11 is 6.26. The number of rotatable bonds is 2. The summed E-state index contributed by atoms with van der Waals surface area (Å²) in [5.41, 5.74) is 3.33. The Morgan fingerprint density at radius 2 is 1.82 bits per heavy atom. The van der Waals surface area contributed by atoms with Crippen LogP contribution >= 0.6 is 11.6 Å². The molecule has 0 saturated carbocycles. The standard InChI is InChI=1S/C22H20ClN3O2/c1-22(2)19-15(14-8-4-6-10-17(14)24-19)11-18-20(27)25(21(28)26(18)22)12-13-7-3-5-9-16(13)23/h3-10,18,24H,11-12H2,1-2H3/t18-/m1/s1. The van der Waals surface area contributed by atoms with E-state index < -0.39 is 11.6 Å². The number of fused-ring (bicyclic) bond motifs is 4. The summed E-state index contributed by atoms with van der Waals surface area (Å²) in [6.07, 6.45) is 0.520. The summed E-state index contributed by atoms with van der Waals surface area (Å²) in [6, 6.07) is 14.7. The van der Waals surface area contributed by atoms with E-state index in [0.29, 0.717) is 11.4 Å². The number of halogens is 1. The average Bonchev–Trinajstić information content (AvgIpc) is 3.16. The van der Waals surface area contributed by atoms with Gasteiger partial charge in [-0.2, -0.15) is 0 Å². The summed E-state index contributed by atoms with van der Waals surface area (Å²) in [5.74, 6) is -0.158. The molecule has 0 unspecified atom stereocenters. The molecule has 0 spiro atoms. The van der Waals surface area contributed by atoms with Crippen LogP contribution in [0.2, 0.25) is 5.02 Å². The third-order valence-corrected chi connectivity index (χ3v) is 6.38. The summed E-state index contributed by atoms with van der Waals surface area (Å²) < 4.78 is 0. The highest BCUT2D eigenvalue weighted by Gasteiger charge is 2.55. The molecule has 1 N–H and O–H groups in total. The first kappa shape index (κ1) is 17.3. The van der Waals surface area contributed by atoms with E-state index in [1.54, 1.807) is 11.0 Å². The fraction of sp³-hybridized carbons (Fsp3) is 0.273. The van der Waals surface area contributed by atoms with Gasteiger partial charge in [0.25, 0.3) is 5.91 Å². The summed E-state index contributed by atoms with van der Waals surface area (Å²) in [6.45, 7) is 4.18. The number of benzene rings is 2. The van der Waals surface area contributed by atoms with Gasteiger partial charge in [-0.1, -0.05) is 48.0 Å². The van der Waals surface area contributed by atoms with Gasteiger partial charge in [-0.25, -0.2) is 4.79 Å². The lowest BCUT2D eigenvalue weighted by Crippen LogP contribution is -2.52. The lowest BCUT2D eigenvalue weighted by molar-refractivity contribution is -0.129. The fourth-order valence-corrected chi connectivity index (χ4v) is 4.84. The lowest BCUT2D eigenvalue weighted by Gasteiger charge is -2.42. The first-order valence-electron chi connectivity index (χ1n) is 9.37. The first-order chi connectivity index (χ1) is 13.4. The molecule has 5 nitrogen and oxygen atoms in total. The molecule has 142 valence electrons. The van der Waals surface area contributed by atoms with Crippen LogP contribution in [0.5, 0.6) is 0 Å². The second-order valence-electron chi connectivity index (χ2n) is 7.97. The summed E-state index contributed by atoms with van der Waals surface area (Å²) in [4.78, 5) is 33.1. The number of aromatic amines is 1. The predicted octanol–water partition coefficient (Wildman–Crippen LogP) is 4.45. The van der Waals surface area contributed by atoms with Crippen molar-refractivity contribution in [2.45, 2.75) is 38.4 Å². The number of H-pyrrole nitrogens is 1. The highest BCUT2D eigenvalue weighted by atomic mass is 35.5. The van der Waals surface area contributed by atoms with E-state index in [-0.39, 0.29) is 18.5 Å². The third kappa shape index (κ3) is 2.26. The molecule has 3 aromatic rings. The van der Waals surface area contributed by atoms with Crippen molar-refractivity contribution >= 4 is 34.4 Å². The predicted molar refractivity (Wildman–Crippen MR) is 108 cm³/mol. The number of nitrogens with zero attached hydrogens (tertiary/aromatic N) is 2. The number of aromatic nitrogens is 1. The zero-order chi connectivity index (χ0) is 19.6. The molecule has 0 aliphatic carbocycles. The minimum Gasteiger partial charge on any atom is -0.356 e. The quantitative estimate of drug-likeness (QED) is 0.654. The molecule has 2 aromatic carbocycles. The molecule has 28 heavy (non-hydrogen) atoms. The van der Waals surface area contributed by atoms with E-state index in [1.165, 1.54) is 4.90 Å². The molecule has 2 aliphatic heterocycles. The SMILES string of the molecule is CC1(C)c2[nH]c3ccccc3c2C[C@@H]2C(=O)N(Cc3ccccc3Cl)C(=O)N21. The van der Waals surface area contributed by atoms with E-state index >= 15 is 0 Å². The zero-order valence-corrected chi connectivity index (χ0v) is 16.5. The normalized spacial score (nSPS) is 20.6. The number of hydrogen-bond acceptors (Lipinski definition) is 2. The first-order valence-corrected chi connectivity index (χ1v) is 9.75. The van der Waals surface area contributed by atoms with Crippen LogP contribution in [0.3, 0.4) is 0 Å². The summed E-state index contributed by atoms with van der Waals surface area (Å²) in [7, 11) is 0. The Balaban J connectivity index is 1.57. The topological polar surface area (TPSA) is 56.4 Å². The maximum Gasteiger partial charge on any atom is 0.328 e. The van der Waals surface area contributed by atoms with Crippen LogP contribution < -0.4 is 0 Å². The molecular formula is C22H20ClN3O2. The number of amides is 3. The Hall–Kier alpha value is -2.79. The largest absolute Gasteiger partial charge is 0.356 e. The molecule has 0 bridgehead atoms. The minimum atomic E-state index is -0.612. The van der Waals surface area contributed by atoms with Gasteiger partial charge in [-0.15, -0.1) is 0 Å². The molecule has 5 rings (SSSR count). The van der Waals surface area contributed by atoms with Crippen molar-refractivity contribution in [1.82, 2.24) is 14.8 Å². The fourth-order valence-electron chi connectivity index (χ4n) is 4.65. The van der Waals surface area contributed by atoms with Gasteiger partial charge < -0.3 is 9.88 Å². The molecule has 0 radical (unpaired) electrons. The second kappa shape index (κ2) is 5.85. The van der Waals surface area contributed by atoms with Gasteiger partial charge in [0.2, 0.25) is 0 Å². The number of hydrogen-bond donors (Lipinski definition) is 1. The van der Waals surface area contributed by atoms with Crippen molar-refractivity contribution < 1.29 is 9.59 Å². The van der Waals surface area contributed by atoms with Gasteiger partial charge in [0.15, 0.2) is 0 Å². The van der Waals surface area contributed by atoms with Gasteiger partial charge >= 0.3 is 6.03 Å². The van der Waals surface area contributed by atoms with E-state index in [2.05, 4.69) is 11.1 Å². The van der Waals surface area contributed by atoms with Gasteiger partial charge in [-0.05, 0) is 37.1 Å². The Morgan fingerprint density at radius 1 is 1.11 bits per heavy atom. The van der Waals surface area contributed by atoms with E-state index in [1.807, 2.05) is 50.2 Å². The van der Waals surface area contributed by atoms with Crippen LogP contribution in [0.4, 0.5) is 4.79 Å². The van der Waals surface area contributed by atoms with Gasteiger partial charge in [0, 0.05) is 28.0 Å². The van der Waals surface area contributed by atoms with Crippen molar-refractivity contribution in [1.29, 1.82) is 0 Å². The van der Waals surface area contributed by atoms with Crippen LogP contribution in [0, 0.1) is 0 Å². The van der Waals surface area contributed by atoms with Crippen molar-refractivity contribution in [3.63, 3.8) is 0 Å². The molecule has 1 aromatic heterocycles. The van der Waals surface area contributed by atoms with Gasteiger partial charge in [-0.3, -0.25) is 9.69 Å². The maximum atomic E-state index is 13.3. The van der Waals surface area contributed by atoms with E-state index in [9.17, 15) is 9.59 Å². The number of carbonyl (C=O) groups excluding carboxylic acids is 2. The van der Waals surface area contributed by atoms with E-state index in [0.717, 1.165) is 27.7 Å².